The second kappa shape index (κ2) is 6.72. The maximum absolute atomic E-state index is 12.8. The van der Waals surface area contributed by atoms with E-state index in [2.05, 4.69) is 23.4 Å². The fourth-order valence-corrected chi connectivity index (χ4v) is 3.85. The molecule has 1 aliphatic rings. The van der Waals surface area contributed by atoms with Crippen molar-refractivity contribution < 1.29 is 4.79 Å². The molecular weight excluding hydrogens is 348 g/mol. The number of likely N-dealkylation sites (tertiary alicyclic amines) is 1. The first-order chi connectivity index (χ1) is 12.5. The van der Waals surface area contributed by atoms with Crippen LogP contribution in [-0.2, 0) is 0 Å². The lowest BCUT2D eigenvalue weighted by atomic mass is 10.1. The normalized spacial score (nSPS) is 17.4. The number of hydrogen-bond donors (Lipinski definition) is 0. The molecule has 0 radical (unpaired) electrons. The first-order valence-electron chi connectivity index (χ1n) is 8.91. The van der Waals surface area contributed by atoms with Gasteiger partial charge in [-0.25, -0.2) is 4.98 Å². The van der Waals surface area contributed by atoms with E-state index in [1.54, 1.807) is 30.5 Å². The molecule has 5 nitrogen and oxygen atoms in total. The van der Waals surface area contributed by atoms with Crippen molar-refractivity contribution in [3.05, 3.63) is 59.1 Å². The highest BCUT2D eigenvalue weighted by Crippen LogP contribution is 2.32. The van der Waals surface area contributed by atoms with Gasteiger partial charge in [-0.1, -0.05) is 11.6 Å². The average molecular weight is 369 g/mol. The standard InChI is InChI=1S/C20H21ClN4O/c1-13(2)25-18-11-22-9-7-17(18)23-19(25)15-8-10-24(12-15)20(26)14-3-5-16(21)6-4-14/h3-7,9,11,13,15H,8,10,12H2,1-2H3/t15-/m1/s1. The van der Waals surface area contributed by atoms with Gasteiger partial charge in [0.25, 0.3) is 5.91 Å². The van der Waals surface area contributed by atoms with E-state index < -0.39 is 0 Å². The largest absolute Gasteiger partial charge is 0.338 e. The fourth-order valence-electron chi connectivity index (χ4n) is 3.72. The lowest BCUT2D eigenvalue weighted by Crippen LogP contribution is -2.28. The van der Waals surface area contributed by atoms with Crippen LogP contribution in [0.25, 0.3) is 11.0 Å². The van der Waals surface area contributed by atoms with E-state index in [-0.39, 0.29) is 11.8 Å². The molecule has 2 aromatic heterocycles. The van der Waals surface area contributed by atoms with E-state index in [9.17, 15) is 4.79 Å². The number of halogens is 1. The molecule has 0 N–H and O–H groups in total. The van der Waals surface area contributed by atoms with Crippen LogP contribution in [0.4, 0.5) is 0 Å². The number of aromatic nitrogens is 3. The van der Waals surface area contributed by atoms with Crippen molar-refractivity contribution >= 4 is 28.5 Å². The lowest BCUT2D eigenvalue weighted by molar-refractivity contribution is 0.0790. The molecule has 1 aromatic carbocycles. The molecule has 134 valence electrons. The molecule has 0 aliphatic carbocycles. The van der Waals surface area contributed by atoms with E-state index in [1.807, 2.05) is 17.2 Å². The monoisotopic (exact) mass is 368 g/mol. The number of benzene rings is 1. The molecule has 0 bridgehead atoms. The van der Waals surface area contributed by atoms with Crippen LogP contribution in [0, 0.1) is 0 Å². The predicted octanol–water partition coefficient (Wildman–Crippen LogP) is 4.30. The highest BCUT2D eigenvalue weighted by Gasteiger charge is 2.31. The molecule has 3 heterocycles. The molecule has 0 saturated carbocycles. The average Bonchev–Trinajstić information content (AvgIpc) is 3.26. The Hall–Kier alpha value is -2.40. The minimum Gasteiger partial charge on any atom is -0.338 e. The summed E-state index contributed by atoms with van der Waals surface area (Å²) in [6.45, 7) is 5.74. The summed E-state index contributed by atoms with van der Waals surface area (Å²) >= 11 is 5.92. The summed E-state index contributed by atoms with van der Waals surface area (Å²) < 4.78 is 2.25. The van der Waals surface area contributed by atoms with E-state index in [0.29, 0.717) is 23.2 Å². The van der Waals surface area contributed by atoms with E-state index in [4.69, 9.17) is 16.6 Å². The van der Waals surface area contributed by atoms with Crippen LogP contribution in [-0.4, -0.2) is 38.4 Å². The highest BCUT2D eigenvalue weighted by molar-refractivity contribution is 6.30. The smallest absolute Gasteiger partial charge is 0.253 e. The maximum Gasteiger partial charge on any atom is 0.253 e. The molecule has 1 fully saturated rings. The van der Waals surface area contributed by atoms with Crippen LogP contribution >= 0.6 is 11.6 Å². The van der Waals surface area contributed by atoms with E-state index in [0.717, 1.165) is 29.8 Å². The van der Waals surface area contributed by atoms with Gasteiger partial charge in [0.15, 0.2) is 0 Å². The number of nitrogens with zero attached hydrogens (tertiary/aromatic N) is 4. The molecule has 1 saturated heterocycles. The van der Waals surface area contributed by atoms with Crippen molar-refractivity contribution in [2.75, 3.05) is 13.1 Å². The van der Waals surface area contributed by atoms with Gasteiger partial charge >= 0.3 is 0 Å². The minimum absolute atomic E-state index is 0.0537. The Morgan fingerprint density at radius 1 is 1.23 bits per heavy atom. The summed E-state index contributed by atoms with van der Waals surface area (Å²) in [6.07, 6.45) is 4.56. The topological polar surface area (TPSA) is 51.0 Å². The summed E-state index contributed by atoms with van der Waals surface area (Å²) in [5, 5.41) is 0.639. The molecule has 0 spiro atoms. The first kappa shape index (κ1) is 17.0. The van der Waals surface area contributed by atoms with Crippen LogP contribution in [0.5, 0.6) is 0 Å². The van der Waals surface area contributed by atoms with Gasteiger partial charge in [0.2, 0.25) is 0 Å². The predicted molar refractivity (Wildman–Crippen MR) is 103 cm³/mol. The molecule has 0 unspecified atom stereocenters. The molecule has 6 heteroatoms. The molecule has 1 amide bonds. The number of fused-ring (bicyclic) bond motifs is 1. The van der Waals surface area contributed by atoms with Crippen molar-refractivity contribution in [1.29, 1.82) is 0 Å². The Morgan fingerprint density at radius 3 is 2.73 bits per heavy atom. The SMILES string of the molecule is CC(C)n1c([C@@H]2CCN(C(=O)c3ccc(Cl)cc3)C2)nc2ccncc21. The van der Waals surface area contributed by atoms with Gasteiger partial charge < -0.3 is 9.47 Å². The number of rotatable bonds is 3. The van der Waals surface area contributed by atoms with Crippen LogP contribution in [0.2, 0.25) is 5.02 Å². The Balaban J connectivity index is 1.61. The molecule has 3 aromatic rings. The third-order valence-corrected chi connectivity index (χ3v) is 5.22. The Morgan fingerprint density at radius 2 is 2.00 bits per heavy atom. The number of amides is 1. The zero-order valence-electron chi connectivity index (χ0n) is 14.9. The number of imidazole rings is 1. The molecule has 1 atom stereocenters. The van der Waals surface area contributed by atoms with Crippen LogP contribution in [0.15, 0.2) is 42.7 Å². The summed E-state index contributed by atoms with van der Waals surface area (Å²) in [5.74, 6) is 1.34. The summed E-state index contributed by atoms with van der Waals surface area (Å²) in [6, 6.07) is 9.32. The van der Waals surface area contributed by atoms with Gasteiger partial charge in [0.1, 0.15) is 5.82 Å². The van der Waals surface area contributed by atoms with Crippen molar-refractivity contribution in [1.82, 2.24) is 19.4 Å². The number of carbonyl (C=O) groups excluding carboxylic acids is 1. The molecule has 1 aliphatic heterocycles. The van der Waals surface area contributed by atoms with Crippen molar-refractivity contribution in [2.45, 2.75) is 32.2 Å². The number of carbonyl (C=O) groups is 1. The quantitative estimate of drug-likeness (QED) is 0.692. The Labute approximate surface area is 157 Å². The molecule has 4 rings (SSSR count). The fraction of sp³-hybridized carbons (Fsp3) is 0.350. The van der Waals surface area contributed by atoms with Gasteiger partial charge in [-0.2, -0.15) is 0 Å². The van der Waals surface area contributed by atoms with Crippen LogP contribution in [0.3, 0.4) is 0 Å². The summed E-state index contributed by atoms with van der Waals surface area (Å²) in [5.41, 5.74) is 2.70. The van der Waals surface area contributed by atoms with Crippen LogP contribution in [0.1, 0.15) is 48.4 Å². The van der Waals surface area contributed by atoms with Crippen molar-refractivity contribution in [3.8, 4) is 0 Å². The highest BCUT2D eigenvalue weighted by atomic mass is 35.5. The van der Waals surface area contributed by atoms with Gasteiger partial charge in [-0.05, 0) is 50.6 Å². The van der Waals surface area contributed by atoms with Gasteiger partial charge in [0.05, 0.1) is 17.2 Å². The number of pyridine rings is 1. The first-order valence-corrected chi connectivity index (χ1v) is 9.29. The van der Waals surface area contributed by atoms with E-state index in [1.165, 1.54) is 0 Å². The summed E-state index contributed by atoms with van der Waals surface area (Å²) in [7, 11) is 0. The zero-order valence-corrected chi connectivity index (χ0v) is 15.6. The minimum atomic E-state index is 0.0537. The third-order valence-electron chi connectivity index (χ3n) is 4.97. The second-order valence-corrected chi connectivity index (χ2v) is 7.48. The maximum atomic E-state index is 12.8. The summed E-state index contributed by atoms with van der Waals surface area (Å²) in [4.78, 5) is 23.8. The van der Waals surface area contributed by atoms with Crippen molar-refractivity contribution in [2.24, 2.45) is 0 Å². The molecule has 26 heavy (non-hydrogen) atoms. The van der Waals surface area contributed by atoms with E-state index >= 15 is 0 Å². The van der Waals surface area contributed by atoms with Crippen LogP contribution < -0.4 is 0 Å². The van der Waals surface area contributed by atoms with Gasteiger partial charge in [0, 0.05) is 41.8 Å². The van der Waals surface area contributed by atoms with Gasteiger partial charge in [-0.3, -0.25) is 9.78 Å². The molecular formula is C20H21ClN4O. The third kappa shape index (κ3) is 2.97. The Kier molecular flexibility index (Phi) is 4.41. The van der Waals surface area contributed by atoms with Crippen molar-refractivity contribution in [3.63, 3.8) is 0 Å². The second-order valence-electron chi connectivity index (χ2n) is 7.04. The number of hydrogen-bond acceptors (Lipinski definition) is 3. The van der Waals surface area contributed by atoms with Gasteiger partial charge in [-0.15, -0.1) is 0 Å². The Bertz CT molecular complexity index is 948. The lowest BCUT2D eigenvalue weighted by Gasteiger charge is -2.19. The zero-order chi connectivity index (χ0) is 18.3.